The molecule has 1 unspecified atom stereocenters. The standard InChI is InChI=1S/C19H23NO3/c1-12(2)9-15-17(19(15,3)4)18(21)23-16(11-20)13-7-6-8-14(10-13)22-5/h6-10,15-17H,1-5H3/t15-,16?,17+/m1/s1. The number of nitriles is 1. The van der Waals surface area contributed by atoms with Gasteiger partial charge in [-0.2, -0.15) is 5.26 Å². The van der Waals surface area contributed by atoms with Crippen LogP contribution in [0.15, 0.2) is 35.9 Å². The highest BCUT2D eigenvalue weighted by Crippen LogP contribution is 2.60. The van der Waals surface area contributed by atoms with Gasteiger partial charge in [0.05, 0.1) is 13.0 Å². The molecule has 0 bridgehead atoms. The van der Waals surface area contributed by atoms with E-state index in [-0.39, 0.29) is 23.2 Å². The summed E-state index contributed by atoms with van der Waals surface area (Å²) in [5.41, 5.74) is 1.68. The Kier molecular flexibility index (Phi) is 4.79. The minimum Gasteiger partial charge on any atom is -0.497 e. The summed E-state index contributed by atoms with van der Waals surface area (Å²) in [7, 11) is 1.56. The molecule has 23 heavy (non-hydrogen) atoms. The Morgan fingerprint density at radius 2 is 2.09 bits per heavy atom. The van der Waals surface area contributed by atoms with Gasteiger partial charge >= 0.3 is 5.97 Å². The number of hydrogen-bond acceptors (Lipinski definition) is 4. The molecule has 2 rings (SSSR count). The van der Waals surface area contributed by atoms with E-state index >= 15 is 0 Å². The van der Waals surface area contributed by atoms with E-state index in [1.807, 2.05) is 13.8 Å². The van der Waals surface area contributed by atoms with E-state index in [4.69, 9.17) is 9.47 Å². The van der Waals surface area contributed by atoms with Crippen LogP contribution in [-0.2, 0) is 9.53 Å². The van der Waals surface area contributed by atoms with Crippen molar-refractivity contribution in [3.05, 3.63) is 41.5 Å². The summed E-state index contributed by atoms with van der Waals surface area (Å²) in [6.07, 6.45) is 1.19. The van der Waals surface area contributed by atoms with E-state index in [1.54, 1.807) is 31.4 Å². The molecule has 3 atom stereocenters. The van der Waals surface area contributed by atoms with Gasteiger partial charge in [0.1, 0.15) is 11.8 Å². The fraction of sp³-hybridized carbons (Fsp3) is 0.474. The third-order valence-corrected chi connectivity index (χ3v) is 4.43. The van der Waals surface area contributed by atoms with Gasteiger partial charge in [-0.3, -0.25) is 4.79 Å². The van der Waals surface area contributed by atoms with Gasteiger partial charge < -0.3 is 9.47 Å². The zero-order valence-corrected chi connectivity index (χ0v) is 14.3. The van der Waals surface area contributed by atoms with Gasteiger partial charge in [0, 0.05) is 5.56 Å². The van der Waals surface area contributed by atoms with Gasteiger partial charge in [-0.25, -0.2) is 0 Å². The van der Waals surface area contributed by atoms with Crippen molar-refractivity contribution in [2.24, 2.45) is 17.3 Å². The molecule has 0 aromatic heterocycles. The summed E-state index contributed by atoms with van der Waals surface area (Å²) >= 11 is 0. The van der Waals surface area contributed by atoms with Gasteiger partial charge in [-0.05, 0) is 37.3 Å². The van der Waals surface area contributed by atoms with Crippen molar-refractivity contribution in [3.8, 4) is 11.8 Å². The van der Waals surface area contributed by atoms with Crippen molar-refractivity contribution in [1.82, 2.24) is 0 Å². The average Bonchev–Trinajstić information content (AvgIpc) is 3.04. The summed E-state index contributed by atoms with van der Waals surface area (Å²) in [4.78, 5) is 12.5. The second-order valence-corrected chi connectivity index (χ2v) is 6.79. The van der Waals surface area contributed by atoms with E-state index < -0.39 is 6.10 Å². The number of hydrogen-bond donors (Lipinski definition) is 0. The molecule has 4 nitrogen and oxygen atoms in total. The molecule has 1 aromatic rings. The normalized spacial score (nSPS) is 22.4. The van der Waals surface area contributed by atoms with Crippen molar-refractivity contribution in [2.45, 2.75) is 33.8 Å². The average molecular weight is 313 g/mol. The predicted octanol–water partition coefficient (Wildman–Crippen LogP) is 4.04. The minimum absolute atomic E-state index is 0.122. The molecule has 0 radical (unpaired) electrons. The minimum atomic E-state index is -0.915. The van der Waals surface area contributed by atoms with Gasteiger partial charge in [-0.15, -0.1) is 0 Å². The van der Waals surface area contributed by atoms with E-state index in [2.05, 4.69) is 26.0 Å². The monoisotopic (exact) mass is 313 g/mol. The fourth-order valence-electron chi connectivity index (χ4n) is 2.96. The molecule has 0 N–H and O–H groups in total. The predicted molar refractivity (Wildman–Crippen MR) is 87.6 cm³/mol. The Bertz CT molecular complexity index is 665. The molecular weight excluding hydrogens is 290 g/mol. The third-order valence-electron chi connectivity index (χ3n) is 4.43. The smallest absolute Gasteiger partial charge is 0.311 e. The molecule has 4 heteroatoms. The lowest BCUT2D eigenvalue weighted by Gasteiger charge is -2.13. The van der Waals surface area contributed by atoms with E-state index in [0.717, 1.165) is 0 Å². The first-order valence-electron chi connectivity index (χ1n) is 7.70. The molecule has 0 aliphatic heterocycles. The van der Waals surface area contributed by atoms with Crippen LogP contribution < -0.4 is 4.74 Å². The number of benzene rings is 1. The van der Waals surface area contributed by atoms with Crippen molar-refractivity contribution in [1.29, 1.82) is 5.26 Å². The van der Waals surface area contributed by atoms with Gasteiger partial charge in [0.25, 0.3) is 0 Å². The molecule has 1 aromatic carbocycles. The second-order valence-electron chi connectivity index (χ2n) is 6.79. The summed E-state index contributed by atoms with van der Waals surface area (Å²) in [6, 6.07) is 9.09. The number of nitrogens with zero attached hydrogens (tertiary/aromatic N) is 1. The first-order valence-corrected chi connectivity index (χ1v) is 7.70. The topological polar surface area (TPSA) is 59.3 Å². The van der Waals surface area contributed by atoms with Crippen LogP contribution in [0.1, 0.15) is 39.4 Å². The maximum absolute atomic E-state index is 12.5. The van der Waals surface area contributed by atoms with Crippen LogP contribution in [0.3, 0.4) is 0 Å². The van der Waals surface area contributed by atoms with Crippen LogP contribution in [0.2, 0.25) is 0 Å². The van der Waals surface area contributed by atoms with Crippen LogP contribution in [0.25, 0.3) is 0 Å². The number of esters is 1. The number of methoxy groups -OCH3 is 1. The highest BCUT2D eigenvalue weighted by molar-refractivity contribution is 5.78. The van der Waals surface area contributed by atoms with E-state index in [9.17, 15) is 10.1 Å². The number of ether oxygens (including phenoxy) is 2. The largest absolute Gasteiger partial charge is 0.497 e. The molecule has 0 spiro atoms. The SMILES string of the molecule is COc1cccc(C(C#N)OC(=O)[C@@H]2[C@@H](C=C(C)C)C2(C)C)c1. The molecule has 122 valence electrons. The number of rotatable bonds is 5. The van der Waals surface area contributed by atoms with Crippen LogP contribution >= 0.6 is 0 Å². The molecular formula is C19H23NO3. The zero-order valence-electron chi connectivity index (χ0n) is 14.3. The Morgan fingerprint density at radius 1 is 1.39 bits per heavy atom. The van der Waals surface area contributed by atoms with Crippen LogP contribution in [0.4, 0.5) is 0 Å². The lowest BCUT2D eigenvalue weighted by atomic mass is 10.1. The second kappa shape index (κ2) is 6.45. The Balaban J connectivity index is 2.12. The van der Waals surface area contributed by atoms with Crippen LogP contribution in [0, 0.1) is 28.6 Å². The number of allylic oxidation sites excluding steroid dienone is 2. The maximum atomic E-state index is 12.5. The van der Waals surface area contributed by atoms with E-state index in [1.165, 1.54) is 5.57 Å². The quantitative estimate of drug-likeness (QED) is 0.608. The van der Waals surface area contributed by atoms with Crippen molar-refractivity contribution >= 4 is 5.97 Å². The number of carbonyl (C=O) groups is 1. The zero-order chi connectivity index (χ0) is 17.2. The lowest BCUT2D eigenvalue weighted by Crippen LogP contribution is -2.14. The molecule has 0 heterocycles. The van der Waals surface area contributed by atoms with Gasteiger partial charge in [-0.1, -0.05) is 37.6 Å². The molecule has 1 fully saturated rings. The number of carbonyl (C=O) groups excluding carboxylic acids is 1. The molecule has 0 saturated heterocycles. The summed E-state index contributed by atoms with van der Waals surface area (Å²) < 4.78 is 10.6. The fourth-order valence-corrected chi connectivity index (χ4v) is 2.96. The van der Waals surface area contributed by atoms with Crippen molar-refractivity contribution in [3.63, 3.8) is 0 Å². The summed E-state index contributed by atoms with van der Waals surface area (Å²) in [5.74, 6) is 0.295. The maximum Gasteiger partial charge on any atom is 0.311 e. The molecule has 1 saturated carbocycles. The molecule has 1 aliphatic rings. The summed E-state index contributed by atoms with van der Waals surface area (Å²) in [6.45, 7) is 8.14. The van der Waals surface area contributed by atoms with Gasteiger partial charge in [0.15, 0.2) is 0 Å². The highest BCUT2D eigenvalue weighted by Gasteiger charge is 2.61. The van der Waals surface area contributed by atoms with Gasteiger partial charge in [0.2, 0.25) is 6.10 Å². The Morgan fingerprint density at radius 3 is 2.65 bits per heavy atom. The van der Waals surface area contributed by atoms with Crippen molar-refractivity contribution < 1.29 is 14.3 Å². The lowest BCUT2D eigenvalue weighted by molar-refractivity contribution is -0.149. The summed E-state index contributed by atoms with van der Waals surface area (Å²) in [5, 5.41) is 9.36. The Hall–Kier alpha value is -2.28. The first kappa shape index (κ1) is 17.1. The molecule has 0 amide bonds. The Labute approximate surface area is 137 Å². The van der Waals surface area contributed by atoms with E-state index in [0.29, 0.717) is 11.3 Å². The van der Waals surface area contributed by atoms with Crippen LogP contribution in [-0.4, -0.2) is 13.1 Å². The highest BCUT2D eigenvalue weighted by atomic mass is 16.5. The first-order chi connectivity index (χ1) is 10.8. The third kappa shape index (κ3) is 3.56. The van der Waals surface area contributed by atoms with Crippen molar-refractivity contribution in [2.75, 3.05) is 7.11 Å². The molecule has 1 aliphatic carbocycles. The van der Waals surface area contributed by atoms with Crippen LogP contribution in [0.5, 0.6) is 5.75 Å².